The highest BCUT2D eigenvalue weighted by molar-refractivity contribution is 5.76. The van der Waals surface area contributed by atoms with Gasteiger partial charge in [0.2, 0.25) is 0 Å². The Hall–Kier alpha value is -1.38. The van der Waals surface area contributed by atoms with E-state index in [1.54, 1.807) is 0 Å². The lowest BCUT2D eigenvalue weighted by Gasteiger charge is -1.89. The minimum absolute atomic E-state index is 0.0935. The summed E-state index contributed by atoms with van der Waals surface area (Å²) in [6.45, 7) is 0. The summed E-state index contributed by atoms with van der Waals surface area (Å²) >= 11 is 0. The molecule has 0 aliphatic heterocycles. The molecule has 1 rings (SSSR count). The SMILES string of the molecule is N=Cc1cncc(O)c1. The van der Waals surface area contributed by atoms with Crippen molar-refractivity contribution in [2.24, 2.45) is 0 Å². The van der Waals surface area contributed by atoms with Gasteiger partial charge in [0.25, 0.3) is 0 Å². The van der Waals surface area contributed by atoms with Crippen LogP contribution < -0.4 is 0 Å². The number of nitrogens with one attached hydrogen (secondary N) is 1. The quantitative estimate of drug-likeness (QED) is 0.541. The zero-order valence-corrected chi connectivity index (χ0v) is 4.70. The van der Waals surface area contributed by atoms with Crippen LogP contribution >= 0.6 is 0 Å². The second-order valence-electron chi connectivity index (χ2n) is 1.62. The molecule has 3 nitrogen and oxygen atoms in total. The Morgan fingerprint density at radius 1 is 1.56 bits per heavy atom. The maximum Gasteiger partial charge on any atom is 0.134 e. The molecular formula is C6H6N2O. The highest BCUT2D eigenvalue weighted by Crippen LogP contribution is 2.05. The van der Waals surface area contributed by atoms with Crippen molar-refractivity contribution >= 4 is 6.21 Å². The van der Waals surface area contributed by atoms with Crippen LogP contribution in [0, 0.1) is 5.41 Å². The number of aromatic hydroxyl groups is 1. The van der Waals surface area contributed by atoms with Crippen molar-refractivity contribution in [2.75, 3.05) is 0 Å². The largest absolute Gasteiger partial charge is 0.506 e. The van der Waals surface area contributed by atoms with E-state index in [1.165, 1.54) is 18.5 Å². The zero-order valence-electron chi connectivity index (χ0n) is 4.70. The molecule has 0 saturated carbocycles. The molecule has 1 aromatic heterocycles. The number of pyridine rings is 1. The first-order valence-electron chi connectivity index (χ1n) is 2.47. The fourth-order valence-electron chi connectivity index (χ4n) is 0.524. The smallest absolute Gasteiger partial charge is 0.134 e. The van der Waals surface area contributed by atoms with E-state index < -0.39 is 0 Å². The molecule has 1 heterocycles. The van der Waals surface area contributed by atoms with Crippen LogP contribution in [0.25, 0.3) is 0 Å². The molecule has 0 radical (unpaired) electrons. The molecule has 0 unspecified atom stereocenters. The van der Waals surface area contributed by atoms with Crippen molar-refractivity contribution < 1.29 is 5.11 Å². The molecule has 0 aliphatic carbocycles. The molecule has 0 aromatic carbocycles. The molecule has 1 aromatic rings. The van der Waals surface area contributed by atoms with Gasteiger partial charge < -0.3 is 10.5 Å². The fraction of sp³-hybridized carbons (Fsp3) is 0. The van der Waals surface area contributed by atoms with E-state index in [0.717, 1.165) is 6.21 Å². The van der Waals surface area contributed by atoms with Gasteiger partial charge in [0.15, 0.2) is 0 Å². The summed E-state index contributed by atoms with van der Waals surface area (Å²) in [6, 6.07) is 1.47. The van der Waals surface area contributed by atoms with Crippen LogP contribution in [0.3, 0.4) is 0 Å². The molecule has 9 heavy (non-hydrogen) atoms. The van der Waals surface area contributed by atoms with E-state index in [9.17, 15) is 0 Å². The molecule has 2 N–H and O–H groups in total. The normalized spacial score (nSPS) is 8.89. The Morgan fingerprint density at radius 2 is 2.33 bits per heavy atom. The topological polar surface area (TPSA) is 57.0 Å². The average Bonchev–Trinajstić information content (AvgIpc) is 1.88. The van der Waals surface area contributed by atoms with Crippen molar-refractivity contribution in [3.05, 3.63) is 24.0 Å². The third-order valence-corrected chi connectivity index (χ3v) is 0.912. The van der Waals surface area contributed by atoms with E-state index in [0.29, 0.717) is 5.56 Å². The minimum atomic E-state index is 0.0935. The van der Waals surface area contributed by atoms with Crippen molar-refractivity contribution in [3.8, 4) is 5.75 Å². The van der Waals surface area contributed by atoms with Crippen LogP contribution in [0.2, 0.25) is 0 Å². The van der Waals surface area contributed by atoms with Gasteiger partial charge in [-0.3, -0.25) is 4.98 Å². The Bertz CT molecular complexity index is 222. The van der Waals surface area contributed by atoms with E-state index >= 15 is 0 Å². The summed E-state index contributed by atoms with van der Waals surface area (Å²) in [5.74, 6) is 0.0935. The molecule has 0 fully saturated rings. The van der Waals surface area contributed by atoms with Gasteiger partial charge >= 0.3 is 0 Å². The summed E-state index contributed by atoms with van der Waals surface area (Å²) in [6.07, 6.45) is 3.96. The third kappa shape index (κ3) is 1.25. The number of nitrogens with zero attached hydrogens (tertiary/aromatic N) is 1. The first kappa shape index (κ1) is 5.75. The lowest BCUT2D eigenvalue weighted by atomic mass is 10.3. The van der Waals surface area contributed by atoms with Gasteiger partial charge in [-0.05, 0) is 6.07 Å². The number of rotatable bonds is 1. The molecule has 0 saturated heterocycles. The molecule has 0 aliphatic rings. The van der Waals surface area contributed by atoms with Gasteiger partial charge in [-0.25, -0.2) is 0 Å². The second-order valence-corrected chi connectivity index (χ2v) is 1.62. The van der Waals surface area contributed by atoms with Gasteiger partial charge in [0.05, 0.1) is 6.20 Å². The molecule has 0 bridgehead atoms. The highest BCUT2D eigenvalue weighted by Gasteiger charge is 1.87. The summed E-state index contributed by atoms with van der Waals surface area (Å²) in [4.78, 5) is 3.65. The first-order chi connectivity index (χ1) is 4.33. The highest BCUT2D eigenvalue weighted by atomic mass is 16.3. The van der Waals surface area contributed by atoms with Crippen molar-refractivity contribution in [2.45, 2.75) is 0 Å². The summed E-state index contributed by atoms with van der Waals surface area (Å²) in [5.41, 5.74) is 0.606. The molecule has 46 valence electrons. The van der Waals surface area contributed by atoms with E-state index in [-0.39, 0.29) is 5.75 Å². The van der Waals surface area contributed by atoms with E-state index in [2.05, 4.69) is 4.98 Å². The van der Waals surface area contributed by atoms with Crippen LogP contribution in [-0.4, -0.2) is 16.3 Å². The zero-order chi connectivity index (χ0) is 6.69. The monoisotopic (exact) mass is 122 g/mol. The van der Waals surface area contributed by atoms with Gasteiger partial charge in [-0.15, -0.1) is 0 Å². The molecule has 0 atom stereocenters. The summed E-state index contributed by atoms with van der Waals surface area (Å²) in [5, 5.41) is 15.5. The Labute approximate surface area is 52.5 Å². The standard InChI is InChI=1S/C6H6N2O/c7-2-5-1-6(9)4-8-3-5/h1-4,7,9H. The lowest BCUT2D eigenvalue weighted by Crippen LogP contribution is -1.79. The number of hydrogen-bond donors (Lipinski definition) is 2. The fourth-order valence-corrected chi connectivity index (χ4v) is 0.524. The van der Waals surface area contributed by atoms with Gasteiger partial charge in [0, 0.05) is 18.0 Å². The van der Waals surface area contributed by atoms with Crippen molar-refractivity contribution in [3.63, 3.8) is 0 Å². The molecule has 3 heteroatoms. The Balaban J connectivity index is 3.07. The predicted molar refractivity (Wildman–Crippen MR) is 33.8 cm³/mol. The average molecular weight is 122 g/mol. The molecular weight excluding hydrogens is 116 g/mol. The van der Waals surface area contributed by atoms with E-state index in [1.807, 2.05) is 0 Å². The van der Waals surface area contributed by atoms with Crippen LogP contribution in [0.1, 0.15) is 5.56 Å². The maximum absolute atomic E-state index is 8.78. The van der Waals surface area contributed by atoms with Crippen LogP contribution in [0.4, 0.5) is 0 Å². The van der Waals surface area contributed by atoms with Gasteiger partial charge in [-0.1, -0.05) is 0 Å². The van der Waals surface area contributed by atoms with Crippen LogP contribution in [0.15, 0.2) is 18.5 Å². The van der Waals surface area contributed by atoms with Gasteiger partial charge in [-0.2, -0.15) is 0 Å². The Morgan fingerprint density at radius 3 is 2.78 bits per heavy atom. The van der Waals surface area contributed by atoms with Crippen LogP contribution in [-0.2, 0) is 0 Å². The number of aromatic nitrogens is 1. The van der Waals surface area contributed by atoms with E-state index in [4.69, 9.17) is 10.5 Å². The summed E-state index contributed by atoms with van der Waals surface area (Å²) < 4.78 is 0. The van der Waals surface area contributed by atoms with Crippen LogP contribution in [0.5, 0.6) is 5.75 Å². The van der Waals surface area contributed by atoms with Crippen molar-refractivity contribution in [1.82, 2.24) is 4.98 Å². The maximum atomic E-state index is 8.78. The summed E-state index contributed by atoms with van der Waals surface area (Å²) in [7, 11) is 0. The minimum Gasteiger partial charge on any atom is -0.506 e. The third-order valence-electron chi connectivity index (χ3n) is 0.912. The Kier molecular flexibility index (Phi) is 1.44. The molecule has 0 spiro atoms. The number of hydrogen-bond acceptors (Lipinski definition) is 3. The lowest BCUT2D eigenvalue weighted by molar-refractivity contribution is 0.472. The first-order valence-corrected chi connectivity index (χ1v) is 2.47. The molecule has 0 amide bonds. The van der Waals surface area contributed by atoms with Crippen molar-refractivity contribution in [1.29, 1.82) is 5.41 Å². The van der Waals surface area contributed by atoms with Gasteiger partial charge in [0.1, 0.15) is 5.75 Å². The predicted octanol–water partition coefficient (Wildman–Crippen LogP) is 0.785. The second kappa shape index (κ2) is 2.26.